The molecule has 0 unspecified atom stereocenters. The molecule has 34 heavy (non-hydrogen) atoms. The second kappa shape index (κ2) is 8.60. The molecule has 7 heteroatoms. The van der Waals surface area contributed by atoms with Gasteiger partial charge in [-0.25, -0.2) is 5.01 Å². The number of benzene rings is 4. The molecule has 0 aliphatic carbocycles. The molecule has 0 fully saturated rings. The van der Waals surface area contributed by atoms with Crippen LogP contribution in [0.25, 0.3) is 0 Å². The summed E-state index contributed by atoms with van der Waals surface area (Å²) < 4.78 is 11.2. The Hall–Kier alpha value is -3.67. The largest absolute Gasteiger partial charge is 0.454 e. The predicted molar refractivity (Wildman–Crippen MR) is 136 cm³/mol. The van der Waals surface area contributed by atoms with Gasteiger partial charge in [0.25, 0.3) is 0 Å². The number of hydrazone groups is 1. The lowest BCUT2D eigenvalue weighted by molar-refractivity contribution is 0.174. The van der Waals surface area contributed by atoms with Gasteiger partial charge in [0.1, 0.15) is 0 Å². The fourth-order valence-corrected chi connectivity index (χ4v) is 4.55. The van der Waals surface area contributed by atoms with E-state index in [-0.39, 0.29) is 13.0 Å². The van der Waals surface area contributed by atoms with E-state index in [1.807, 2.05) is 89.9 Å². The molecule has 0 aromatic heterocycles. The van der Waals surface area contributed by atoms with Crippen LogP contribution in [-0.4, -0.2) is 12.6 Å². The maximum atomic E-state index is 6.46. The van der Waals surface area contributed by atoms with Gasteiger partial charge in [-0.15, -0.1) is 0 Å². The number of hydrogen-bond donors (Lipinski definition) is 0. The molecule has 0 spiro atoms. The molecular formula is C27H19Cl2N3O2. The van der Waals surface area contributed by atoms with Crippen LogP contribution >= 0.6 is 23.2 Å². The molecule has 5 nitrogen and oxygen atoms in total. The smallest absolute Gasteiger partial charge is 0.231 e. The first kappa shape index (κ1) is 20.9. The van der Waals surface area contributed by atoms with Crippen LogP contribution in [-0.2, 0) is 0 Å². The Kier molecular flexibility index (Phi) is 5.28. The average Bonchev–Trinajstić information content (AvgIpc) is 3.51. The van der Waals surface area contributed by atoms with Crippen LogP contribution in [0, 0.1) is 0 Å². The van der Waals surface area contributed by atoms with Crippen LogP contribution in [0.2, 0.25) is 10.0 Å². The van der Waals surface area contributed by atoms with Gasteiger partial charge >= 0.3 is 0 Å². The third kappa shape index (κ3) is 3.63. The third-order valence-electron chi connectivity index (χ3n) is 5.84. The van der Waals surface area contributed by atoms with E-state index in [1.54, 1.807) is 0 Å². The second-order valence-corrected chi connectivity index (χ2v) is 8.74. The monoisotopic (exact) mass is 487 g/mol. The van der Waals surface area contributed by atoms with Crippen molar-refractivity contribution in [1.82, 2.24) is 0 Å². The molecule has 0 amide bonds. The van der Waals surface area contributed by atoms with Gasteiger partial charge in [0, 0.05) is 16.8 Å². The topological polar surface area (TPSA) is 37.3 Å². The summed E-state index contributed by atoms with van der Waals surface area (Å²) in [6.45, 7) is 0.216. The first-order valence-electron chi connectivity index (χ1n) is 10.8. The molecule has 2 aliphatic rings. The first-order chi connectivity index (χ1) is 16.7. The number of ether oxygens (including phenoxy) is 2. The Labute approximate surface area is 207 Å². The number of halogens is 2. The van der Waals surface area contributed by atoms with Crippen molar-refractivity contribution in [2.45, 2.75) is 6.17 Å². The number of fused-ring (bicyclic) bond motifs is 1. The van der Waals surface area contributed by atoms with E-state index >= 15 is 0 Å². The highest BCUT2D eigenvalue weighted by atomic mass is 35.5. The highest BCUT2D eigenvalue weighted by molar-refractivity contribution is 6.42. The van der Waals surface area contributed by atoms with Crippen molar-refractivity contribution < 1.29 is 9.47 Å². The maximum Gasteiger partial charge on any atom is 0.231 e. The summed E-state index contributed by atoms with van der Waals surface area (Å²) in [6.07, 6.45) is -0.302. The highest BCUT2D eigenvalue weighted by Crippen LogP contribution is 2.44. The number of amidine groups is 1. The summed E-state index contributed by atoms with van der Waals surface area (Å²) in [5, 5.41) is 8.12. The lowest BCUT2D eigenvalue weighted by atomic mass is 10.1. The standard InChI is InChI=1S/C27H19Cl2N3O2/c28-22-13-12-21(16-23(22)29)31-26(18-7-3-1-4-8-18)30-32(20-9-5-2-6-10-20)27(31)19-11-14-24-25(15-19)34-17-33-24/h1-16,27H,17H2/t27-/m0/s1. The average molecular weight is 488 g/mol. The van der Waals surface area contributed by atoms with E-state index in [9.17, 15) is 0 Å². The fraction of sp³-hybridized carbons (Fsp3) is 0.0741. The van der Waals surface area contributed by atoms with Gasteiger partial charge in [-0.05, 0) is 42.5 Å². The summed E-state index contributed by atoms with van der Waals surface area (Å²) in [7, 11) is 0. The molecule has 0 bridgehead atoms. The molecule has 0 N–H and O–H groups in total. The van der Waals surface area contributed by atoms with Crippen molar-refractivity contribution in [2.75, 3.05) is 16.7 Å². The lowest BCUT2D eigenvalue weighted by Crippen LogP contribution is -2.35. The van der Waals surface area contributed by atoms with Gasteiger partial charge in [0.05, 0.1) is 15.7 Å². The Morgan fingerprint density at radius 3 is 2.21 bits per heavy atom. The molecule has 0 radical (unpaired) electrons. The number of anilines is 2. The first-order valence-corrected chi connectivity index (χ1v) is 11.6. The molecule has 0 saturated heterocycles. The maximum absolute atomic E-state index is 6.46. The van der Waals surface area contributed by atoms with Gasteiger partial charge in [-0.3, -0.25) is 4.90 Å². The van der Waals surface area contributed by atoms with Crippen LogP contribution < -0.4 is 19.4 Å². The van der Waals surface area contributed by atoms with Gasteiger partial charge in [-0.1, -0.05) is 77.8 Å². The van der Waals surface area contributed by atoms with E-state index in [0.717, 1.165) is 34.1 Å². The van der Waals surface area contributed by atoms with Crippen LogP contribution in [0.5, 0.6) is 11.5 Å². The summed E-state index contributed by atoms with van der Waals surface area (Å²) in [6, 6.07) is 31.8. The minimum absolute atomic E-state index is 0.216. The number of rotatable bonds is 4. The zero-order chi connectivity index (χ0) is 23.1. The van der Waals surface area contributed by atoms with Gasteiger partial charge in [0.2, 0.25) is 6.79 Å². The van der Waals surface area contributed by atoms with E-state index < -0.39 is 0 Å². The summed E-state index contributed by atoms with van der Waals surface area (Å²) >= 11 is 12.7. The molecule has 4 aromatic rings. The lowest BCUT2D eigenvalue weighted by Gasteiger charge is -2.32. The highest BCUT2D eigenvalue weighted by Gasteiger charge is 2.38. The number of hydrogen-bond acceptors (Lipinski definition) is 5. The van der Waals surface area contributed by atoms with E-state index in [2.05, 4.69) is 17.0 Å². The van der Waals surface area contributed by atoms with Crippen molar-refractivity contribution in [3.8, 4) is 11.5 Å². The Bertz CT molecular complexity index is 1380. The van der Waals surface area contributed by atoms with Crippen molar-refractivity contribution >= 4 is 40.4 Å². The summed E-state index contributed by atoms with van der Waals surface area (Å²) in [4.78, 5) is 2.17. The van der Waals surface area contributed by atoms with Crippen molar-refractivity contribution in [2.24, 2.45) is 5.10 Å². The van der Waals surface area contributed by atoms with Crippen molar-refractivity contribution in [1.29, 1.82) is 0 Å². The van der Waals surface area contributed by atoms with Crippen LogP contribution in [0.1, 0.15) is 17.3 Å². The molecular weight excluding hydrogens is 469 g/mol. The normalized spacial score (nSPS) is 16.6. The van der Waals surface area contributed by atoms with Gasteiger partial charge in [0.15, 0.2) is 23.5 Å². The van der Waals surface area contributed by atoms with E-state index in [1.165, 1.54) is 0 Å². The minimum Gasteiger partial charge on any atom is -0.454 e. The van der Waals surface area contributed by atoms with Crippen LogP contribution in [0.3, 0.4) is 0 Å². The Morgan fingerprint density at radius 2 is 1.44 bits per heavy atom. The zero-order valence-electron chi connectivity index (χ0n) is 17.9. The molecule has 6 rings (SSSR count). The Balaban J connectivity index is 1.57. The third-order valence-corrected chi connectivity index (χ3v) is 6.57. The molecule has 2 heterocycles. The van der Waals surface area contributed by atoms with Gasteiger partial charge in [-0.2, -0.15) is 5.10 Å². The second-order valence-electron chi connectivity index (χ2n) is 7.92. The molecule has 2 aliphatic heterocycles. The summed E-state index contributed by atoms with van der Waals surface area (Å²) in [5.74, 6) is 2.25. The Morgan fingerprint density at radius 1 is 0.706 bits per heavy atom. The fourth-order valence-electron chi connectivity index (χ4n) is 4.26. The minimum atomic E-state index is -0.302. The van der Waals surface area contributed by atoms with Gasteiger partial charge < -0.3 is 9.47 Å². The zero-order valence-corrected chi connectivity index (χ0v) is 19.4. The number of nitrogens with zero attached hydrogens (tertiary/aromatic N) is 3. The van der Waals surface area contributed by atoms with E-state index in [0.29, 0.717) is 15.8 Å². The summed E-state index contributed by atoms with van der Waals surface area (Å²) in [5.41, 5.74) is 3.81. The van der Waals surface area contributed by atoms with Crippen LogP contribution in [0.15, 0.2) is 102 Å². The molecule has 4 aromatic carbocycles. The SMILES string of the molecule is Clc1ccc(N2C(c3ccccc3)=NN(c3ccccc3)[C@H]2c2ccc3c(c2)OCO3)cc1Cl. The molecule has 168 valence electrons. The number of para-hydroxylation sites is 1. The predicted octanol–water partition coefficient (Wildman–Crippen LogP) is 7.11. The van der Waals surface area contributed by atoms with Crippen molar-refractivity contribution in [3.63, 3.8) is 0 Å². The molecule has 0 saturated carbocycles. The molecule has 1 atom stereocenters. The van der Waals surface area contributed by atoms with Crippen LogP contribution in [0.4, 0.5) is 11.4 Å². The van der Waals surface area contributed by atoms with E-state index in [4.69, 9.17) is 37.8 Å². The quantitative estimate of drug-likeness (QED) is 0.307. The van der Waals surface area contributed by atoms with Crippen molar-refractivity contribution in [3.05, 3.63) is 118 Å².